The Morgan fingerprint density at radius 2 is 1.91 bits per heavy atom. The van der Waals surface area contributed by atoms with Gasteiger partial charge in [-0.15, -0.1) is 0 Å². The normalized spacial score (nSPS) is 10.8. The van der Waals surface area contributed by atoms with Crippen LogP contribution >= 0.6 is 0 Å². The van der Waals surface area contributed by atoms with Crippen molar-refractivity contribution >= 4 is 16.8 Å². The Kier molecular flexibility index (Phi) is 3.78. The number of ether oxygens (including phenoxy) is 1. The van der Waals surface area contributed by atoms with Crippen molar-refractivity contribution in [1.82, 2.24) is 9.88 Å². The topological polar surface area (TPSA) is 45.3 Å². The second-order valence-corrected chi connectivity index (χ2v) is 5.48. The molecule has 4 nitrogen and oxygen atoms in total. The number of amides is 1. The number of nitrogens with one attached hydrogen (secondary N) is 1. The maximum Gasteiger partial charge on any atom is 0.253 e. The van der Waals surface area contributed by atoms with Crippen LogP contribution in [0.2, 0.25) is 0 Å². The van der Waals surface area contributed by atoms with Gasteiger partial charge in [0.25, 0.3) is 5.91 Å². The van der Waals surface area contributed by atoms with Gasteiger partial charge in [0, 0.05) is 42.4 Å². The number of rotatable bonds is 3. The number of hydrogen-bond acceptors (Lipinski definition) is 2. The summed E-state index contributed by atoms with van der Waals surface area (Å²) in [5, 5.41) is 0.388. The zero-order chi connectivity index (χ0) is 16.6. The molecule has 0 unspecified atom stereocenters. The first-order valence-electron chi connectivity index (χ1n) is 7.18. The van der Waals surface area contributed by atoms with Crippen LogP contribution in [0.4, 0.5) is 4.39 Å². The molecule has 0 saturated heterocycles. The van der Waals surface area contributed by atoms with Crippen LogP contribution in [-0.4, -0.2) is 37.0 Å². The van der Waals surface area contributed by atoms with Crippen molar-refractivity contribution in [3.63, 3.8) is 0 Å². The molecule has 0 fully saturated rings. The highest BCUT2D eigenvalue weighted by Crippen LogP contribution is 2.36. The van der Waals surface area contributed by atoms with Crippen LogP contribution in [-0.2, 0) is 0 Å². The molecule has 5 heteroatoms. The fraction of sp³-hybridized carbons (Fsp3) is 0.167. The molecule has 118 valence electrons. The summed E-state index contributed by atoms with van der Waals surface area (Å²) < 4.78 is 19.5. The first-order chi connectivity index (χ1) is 11.0. The van der Waals surface area contributed by atoms with Crippen molar-refractivity contribution in [1.29, 1.82) is 0 Å². The third kappa shape index (κ3) is 2.54. The predicted octanol–water partition coefficient (Wildman–Crippen LogP) is 3.68. The first kappa shape index (κ1) is 15.1. The fourth-order valence-corrected chi connectivity index (χ4v) is 2.66. The Balaban J connectivity index is 2.33. The summed E-state index contributed by atoms with van der Waals surface area (Å²) in [5.41, 5.74) is 2.61. The monoisotopic (exact) mass is 312 g/mol. The molecular formula is C18H17FN2O2. The van der Waals surface area contributed by atoms with Crippen LogP contribution < -0.4 is 4.74 Å². The lowest BCUT2D eigenvalue weighted by Crippen LogP contribution is -2.21. The molecule has 1 aromatic heterocycles. The molecule has 0 saturated carbocycles. The van der Waals surface area contributed by atoms with E-state index in [1.165, 1.54) is 11.1 Å². The van der Waals surface area contributed by atoms with Gasteiger partial charge in [-0.05, 0) is 18.2 Å². The van der Waals surface area contributed by atoms with Gasteiger partial charge in [-0.3, -0.25) is 4.79 Å². The average molecular weight is 312 g/mol. The number of aromatic nitrogens is 1. The van der Waals surface area contributed by atoms with Gasteiger partial charge in [-0.2, -0.15) is 0 Å². The summed E-state index contributed by atoms with van der Waals surface area (Å²) in [6.07, 6.45) is 1.30. The first-order valence-corrected chi connectivity index (χ1v) is 7.18. The van der Waals surface area contributed by atoms with Crippen LogP contribution in [0.3, 0.4) is 0 Å². The minimum absolute atomic E-state index is 0.177. The van der Waals surface area contributed by atoms with E-state index < -0.39 is 0 Å². The van der Waals surface area contributed by atoms with Gasteiger partial charge in [-0.1, -0.05) is 18.2 Å². The molecular weight excluding hydrogens is 295 g/mol. The summed E-state index contributed by atoms with van der Waals surface area (Å²) in [4.78, 5) is 16.7. The highest BCUT2D eigenvalue weighted by Gasteiger charge is 2.18. The Hall–Kier alpha value is -2.82. The van der Waals surface area contributed by atoms with Crippen LogP contribution in [0.5, 0.6) is 5.75 Å². The lowest BCUT2D eigenvalue weighted by Gasteiger charge is -2.14. The van der Waals surface area contributed by atoms with Crippen molar-refractivity contribution in [3.8, 4) is 16.9 Å². The molecule has 1 N–H and O–H groups in total. The number of hydrogen-bond donors (Lipinski definition) is 1. The van der Waals surface area contributed by atoms with Crippen molar-refractivity contribution in [2.24, 2.45) is 0 Å². The second kappa shape index (κ2) is 5.76. The summed E-state index contributed by atoms with van der Waals surface area (Å²) in [5.74, 6) is 0.103. The largest absolute Gasteiger partial charge is 0.496 e. The summed E-state index contributed by atoms with van der Waals surface area (Å²) in [6, 6.07) is 10.8. The highest BCUT2D eigenvalue weighted by atomic mass is 19.1. The molecule has 3 rings (SSSR count). The van der Waals surface area contributed by atoms with Crippen molar-refractivity contribution < 1.29 is 13.9 Å². The summed E-state index contributed by atoms with van der Waals surface area (Å²) in [6.45, 7) is 0. The van der Waals surface area contributed by atoms with Gasteiger partial charge in [0.15, 0.2) is 0 Å². The minimum atomic E-state index is -0.385. The number of nitrogens with zero attached hydrogens (tertiary/aromatic N) is 1. The van der Waals surface area contributed by atoms with Gasteiger partial charge in [0.05, 0.1) is 12.6 Å². The maximum atomic E-state index is 14.1. The molecule has 3 aromatic rings. The zero-order valence-electron chi connectivity index (χ0n) is 13.2. The van der Waals surface area contributed by atoms with Crippen molar-refractivity contribution in [2.75, 3.05) is 21.2 Å². The van der Waals surface area contributed by atoms with Gasteiger partial charge >= 0.3 is 0 Å². The van der Waals surface area contributed by atoms with Gasteiger partial charge in [0.1, 0.15) is 11.6 Å². The molecule has 1 amide bonds. The molecule has 0 atom stereocenters. The van der Waals surface area contributed by atoms with E-state index in [1.807, 2.05) is 24.3 Å². The number of aromatic amines is 1. The number of methoxy groups -OCH3 is 1. The van der Waals surface area contributed by atoms with E-state index >= 15 is 0 Å². The quantitative estimate of drug-likeness (QED) is 0.802. The Morgan fingerprint density at radius 3 is 2.61 bits per heavy atom. The number of fused-ring (bicyclic) bond motifs is 1. The minimum Gasteiger partial charge on any atom is -0.496 e. The van der Waals surface area contributed by atoms with Crippen LogP contribution in [0.25, 0.3) is 22.0 Å². The number of halogens is 1. The van der Waals surface area contributed by atoms with Gasteiger partial charge < -0.3 is 14.6 Å². The van der Waals surface area contributed by atoms with E-state index in [-0.39, 0.29) is 11.7 Å². The number of para-hydroxylation sites is 1. The average Bonchev–Trinajstić information content (AvgIpc) is 2.94. The Morgan fingerprint density at radius 1 is 1.17 bits per heavy atom. The second-order valence-electron chi connectivity index (χ2n) is 5.48. The standard InChI is InChI=1S/C18H17FN2O2/c1-21(2)18(22)11-8-13(12-6-4-5-7-16(12)23-3)17-14(9-11)15(19)10-20-17/h4-10,20H,1-3H3. The van der Waals surface area contributed by atoms with Crippen LogP contribution in [0.15, 0.2) is 42.6 Å². The molecule has 0 aliphatic heterocycles. The van der Waals surface area contributed by atoms with Crippen molar-refractivity contribution in [2.45, 2.75) is 0 Å². The van der Waals surface area contributed by atoms with E-state index in [4.69, 9.17) is 4.74 Å². The lowest BCUT2D eigenvalue weighted by molar-refractivity contribution is 0.0828. The molecule has 0 aliphatic rings. The van der Waals surface area contributed by atoms with Crippen LogP contribution in [0.1, 0.15) is 10.4 Å². The molecule has 0 bridgehead atoms. The van der Waals surface area contributed by atoms with Crippen LogP contribution in [0, 0.1) is 5.82 Å². The summed E-state index contributed by atoms with van der Waals surface area (Å²) >= 11 is 0. The number of carbonyl (C=O) groups excluding carboxylic acids is 1. The predicted molar refractivity (Wildman–Crippen MR) is 88.3 cm³/mol. The number of H-pyrrole nitrogens is 1. The molecule has 2 aromatic carbocycles. The molecule has 0 radical (unpaired) electrons. The van der Waals surface area contributed by atoms with E-state index in [0.717, 1.165) is 11.1 Å². The highest BCUT2D eigenvalue weighted by molar-refractivity contribution is 6.04. The molecule has 1 heterocycles. The van der Waals surface area contributed by atoms with E-state index in [9.17, 15) is 9.18 Å². The number of carbonyl (C=O) groups is 1. The van der Waals surface area contributed by atoms with E-state index in [0.29, 0.717) is 22.2 Å². The third-order valence-electron chi connectivity index (χ3n) is 3.79. The van der Waals surface area contributed by atoms with Gasteiger partial charge in [-0.25, -0.2) is 4.39 Å². The van der Waals surface area contributed by atoms with Crippen molar-refractivity contribution in [3.05, 3.63) is 54.0 Å². The maximum absolute atomic E-state index is 14.1. The fourth-order valence-electron chi connectivity index (χ4n) is 2.66. The van der Waals surface area contributed by atoms with E-state index in [2.05, 4.69) is 4.98 Å². The smallest absolute Gasteiger partial charge is 0.253 e. The van der Waals surface area contributed by atoms with E-state index in [1.54, 1.807) is 33.3 Å². The van der Waals surface area contributed by atoms with Gasteiger partial charge in [0.2, 0.25) is 0 Å². The SMILES string of the molecule is COc1ccccc1-c1cc(C(=O)N(C)C)cc2c(F)c[nH]c12. The Labute approximate surface area is 133 Å². The number of benzene rings is 2. The zero-order valence-corrected chi connectivity index (χ0v) is 13.2. The molecule has 23 heavy (non-hydrogen) atoms. The lowest BCUT2D eigenvalue weighted by atomic mass is 9.98. The molecule has 0 aliphatic carbocycles. The third-order valence-corrected chi connectivity index (χ3v) is 3.79. The Bertz CT molecular complexity index is 884. The summed E-state index contributed by atoms with van der Waals surface area (Å²) in [7, 11) is 4.92. The molecule has 0 spiro atoms.